The lowest BCUT2D eigenvalue weighted by Crippen LogP contribution is -2.06. The fourth-order valence-electron chi connectivity index (χ4n) is 1.57. The van der Waals surface area contributed by atoms with Gasteiger partial charge in [-0.2, -0.15) is 0 Å². The highest BCUT2D eigenvalue weighted by Gasteiger charge is 2.27. The van der Waals surface area contributed by atoms with Gasteiger partial charge in [0.05, 0.1) is 0 Å². The van der Waals surface area contributed by atoms with E-state index in [1.54, 1.807) is 0 Å². The maximum absolute atomic E-state index is 6.02. The second-order valence-electron chi connectivity index (χ2n) is 3.37. The van der Waals surface area contributed by atoms with Gasteiger partial charge >= 0.3 is 0 Å². The summed E-state index contributed by atoms with van der Waals surface area (Å²) in [5.74, 6) is 0.711. The van der Waals surface area contributed by atoms with Crippen molar-refractivity contribution in [1.82, 2.24) is 4.84 Å². The molecule has 2 rings (SSSR count). The molecule has 1 fully saturated rings. The second kappa shape index (κ2) is 3.87. The minimum atomic E-state index is -0.279. The molecular weight excluding hydrogens is 205 g/mol. The van der Waals surface area contributed by atoms with Gasteiger partial charge in [-0.05, 0) is 41.7 Å². The summed E-state index contributed by atoms with van der Waals surface area (Å²) in [6.45, 7) is 0. The molecule has 1 nitrogen and oxygen atoms in total. The lowest BCUT2D eigenvalue weighted by atomic mass is 10.0. The molecule has 1 aromatic carbocycles. The molecule has 0 amide bonds. The lowest BCUT2D eigenvalue weighted by Gasteiger charge is -2.11. The van der Waals surface area contributed by atoms with Crippen molar-refractivity contribution in [3.05, 3.63) is 35.4 Å². The zero-order valence-electron chi connectivity index (χ0n) is 7.13. The fourth-order valence-corrected chi connectivity index (χ4v) is 1.88. The molecule has 0 saturated heterocycles. The van der Waals surface area contributed by atoms with Gasteiger partial charge in [-0.25, -0.2) is 4.84 Å². The van der Waals surface area contributed by atoms with Crippen LogP contribution in [0.1, 0.15) is 35.4 Å². The van der Waals surface area contributed by atoms with Gasteiger partial charge in [0, 0.05) is 0 Å². The zero-order valence-corrected chi connectivity index (χ0v) is 8.65. The van der Waals surface area contributed by atoms with E-state index in [9.17, 15) is 0 Å². The molecule has 3 heteroatoms. The third kappa shape index (κ3) is 1.98. The Morgan fingerprint density at radius 3 is 2.62 bits per heavy atom. The van der Waals surface area contributed by atoms with E-state index in [-0.39, 0.29) is 5.50 Å². The van der Waals surface area contributed by atoms with Crippen LogP contribution in [0, 0.1) is 0 Å². The highest BCUT2D eigenvalue weighted by Crippen LogP contribution is 2.43. The normalized spacial score (nSPS) is 18.6. The Balaban J connectivity index is 2.31. The van der Waals surface area contributed by atoms with E-state index in [0.717, 1.165) is 5.56 Å². The summed E-state index contributed by atoms with van der Waals surface area (Å²) in [5.41, 5.74) is 2.18. The van der Waals surface area contributed by atoms with Crippen LogP contribution in [0.15, 0.2) is 24.3 Å². The molecule has 0 aromatic heterocycles. The molecule has 1 unspecified atom stereocenters. The topological polar surface area (TPSA) is 12.0 Å². The van der Waals surface area contributed by atoms with E-state index in [1.165, 1.54) is 18.4 Å². The van der Waals surface area contributed by atoms with Crippen molar-refractivity contribution in [2.45, 2.75) is 24.3 Å². The van der Waals surface area contributed by atoms with Crippen molar-refractivity contribution in [2.24, 2.45) is 0 Å². The first kappa shape index (κ1) is 9.32. The molecule has 0 bridgehead atoms. The summed E-state index contributed by atoms with van der Waals surface area (Å²) in [6.07, 6.45) is 2.56. The van der Waals surface area contributed by atoms with E-state index in [4.69, 9.17) is 23.4 Å². The van der Waals surface area contributed by atoms with Crippen molar-refractivity contribution in [3.63, 3.8) is 0 Å². The van der Waals surface area contributed by atoms with Crippen LogP contribution in [-0.4, -0.2) is 0 Å². The zero-order chi connectivity index (χ0) is 9.26. The summed E-state index contributed by atoms with van der Waals surface area (Å²) < 4.78 is 0. The summed E-state index contributed by atoms with van der Waals surface area (Å²) in [6, 6.07) is 8.21. The predicted molar refractivity (Wildman–Crippen MR) is 56.0 cm³/mol. The number of benzene rings is 1. The van der Waals surface area contributed by atoms with E-state index in [2.05, 4.69) is 17.0 Å². The summed E-state index contributed by atoms with van der Waals surface area (Å²) in [5, 5.41) is 0. The minimum Gasteiger partial charge on any atom is -0.212 e. The number of hydrogen-bond acceptors (Lipinski definition) is 1. The van der Waals surface area contributed by atoms with Crippen molar-refractivity contribution in [1.29, 1.82) is 0 Å². The van der Waals surface area contributed by atoms with E-state index in [1.807, 2.05) is 12.1 Å². The third-order valence-electron chi connectivity index (χ3n) is 2.38. The quantitative estimate of drug-likeness (QED) is 0.462. The smallest absolute Gasteiger partial charge is 0.122 e. The second-order valence-corrected chi connectivity index (χ2v) is 4.03. The van der Waals surface area contributed by atoms with Crippen LogP contribution in [0.2, 0.25) is 0 Å². The molecule has 1 aliphatic rings. The average molecular weight is 216 g/mol. The van der Waals surface area contributed by atoms with Crippen LogP contribution in [-0.2, 0) is 0 Å². The molecule has 1 aliphatic carbocycles. The van der Waals surface area contributed by atoms with Crippen LogP contribution < -0.4 is 4.84 Å². The molecule has 0 aliphatic heterocycles. The molecule has 0 spiro atoms. The minimum absolute atomic E-state index is 0.279. The Morgan fingerprint density at radius 2 is 2.00 bits per heavy atom. The highest BCUT2D eigenvalue weighted by atomic mass is 35.5. The largest absolute Gasteiger partial charge is 0.212 e. The van der Waals surface area contributed by atoms with Gasteiger partial charge in [0.25, 0.3) is 0 Å². The molecule has 1 aromatic rings. The molecular formula is C10H11Cl2N. The van der Waals surface area contributed by atoms with Crippen molar-refractivity contribution in [2.75, 3.05) is 0 Å². The third-order valence-corrected chi connectivity index (χ3v) is 3.06. The Morgan fingerprint density at radius 1 is 1.31 bits per heavy atom. The first-order valence-corrected chi connectivity index (χ1v) is 5.23. The molecule has 1 atom stereocenters. The summed E-state index contributed by atoms with van der Waals surface area (Å²) in [4.78, 5) is 2.54. The van der Waals surface area contributed by atoms with Crippen molar-refractivity contribution >= 4 is 23.4 Å². The van der Waals surface area contributed by atoms with Gasteiger partial charge in [0.1, 0.15) is 5.50 Å². The van der Waals surface area contributed by atoms with Gasteiger partial charge in [0.15, 0.2) is 0 Å². The SMILES string of the molecule is ClNC(Cl)c1ccccc1C1CC1. The van der Waals surface area contributed by atoms with Crippen LogP contribution in [0.3, 0.4) is 0 Å². The maximum Gasteiger partial charge on any atom is 0.122 e. The maximum atomic E-state index is 6.02. The standard InChI is InChI=1S/C10H11Cl2N/c11-10(13-12)9-4-2-1-3-8(9)7-5-6-7/h1-4,7,10,13H,5-6H2. The Labute approximate surface area is 88.2 Å². The van der Waals surface area contributed by atoms with Crippen LogP contribution in [0.25, 0.3) is 0 Å². The average Bonchev–Trinajstić information content (AvgIpc) is 3.00. The van der Waals surface area contributed by atoms with Gasteiger partial charge < -0.3 is 0 Å². The fraction of sp³-hybridized carbons (Fsp3) is 0.400. The van der Waals surface area contributed by atoms with Crippen molar-refractivity contribution < 1.29 is 0 Å². The Kier molecular flexibility index (Phi) is 2.77. The number of nitrogens with one attached hydrogen (secondary N) is 1. The van der Waals surface area contributed by atoms with Gasteiger partial charge in [-0.1, -0.05) is 35.9 Å². The number of halogens is 2. The van der Waals surface area contributed by atoms with Gasteiger partial charge in [-0.3, -0.25) is 0 Å². The monoisotopic (exact) mass is 215 g/mol. The Hall–Kier alpha value is -0.240. The number of hydrogen-bond donors (Lipinski definition) is 1. The van der Waals surface area contributed by atoms with E-state index < -0.39 is 0 Å². The number of rotatable bonds is 3. The lowest BCUT2D eigenvalue weighted by molar-refractivity contribution is 0.889. The van der Waals surface area contributed by atoms with Gasteiger partial charge in [0.2, 0.25) is 0 Å². The number of alkyl halides is 1. The molecule has 0 radical (unpaired) electrons. The Bertz CT molecular complexity index is 297. The van der Waals surface area contributed by atoms with Crippen LogP contribution in [0.5, 0.6) is 0 Å². The first-order chi connectivity index (χ1) is 6.33. The molecule has 70 valence electrons. The van der Waals surface area contributed by atoms with Crippen LogP contribution in [0.4, 0.5) is 0 Å². The van der Waals surface area contributed by atoms with E-state index in [0.29, 0.717) is 5.92 Å². The van der Waals surface area contributed by atoms with Gasteiger partial charge in [-0.15, -0.1) is 0 Å². The molecule has 1 saturated carbocycles. The molecule has 0 heterocycles. The highest BCUT2D eigenvalue weighted by molar-refractivity contribution is 6.25. The molecule has 1 N–H and O–H groups in total. The summed E-state index contributed by atoms with van der Waals surface area (Å²) in [7, 11) is 0. The summed E-state index contributed by atoms with van der Waals surface area (Å²) >= 11 is 11.5. The van der Waals surface area contributed by atoms with Crippen LogP contribution >= 0.6 is 23.4 Å². The first-order valence-electron chi connectivity index (χ1n) is 4.42. The molecule has 13 heavy (non-hydrogen) atoms. The predicted octanol–water partition coefficient (Wildman–Crippen LogP) is 3.54. The van der Waals surface area contributed by atoms with Crippen molar-refractivity contribution in [3.8, 4) is 0 Å². The van der Waals surface area contributed by atoms with E-state index >= 15 is 0 Å².